The zero-order valence-electron chi connectivity index (χ0n) is 9.23. The maximum atomic E-state index is 11.0. The number of rotatable bonds is 0. The number of hydrogen-bond donors (Lipinski definition) is 0. The molecule has 5 nitrogen and oxygen atoms in total. The van der Waals surface area contributed by atoms with Gasteiger partial charge in [0.1, 0.15) is 11.8 Å². The van der Waals surface area contributed by atoms with E-state index in [1.54, 1.807) is 18.0 Å². The first-order valence-electron chi connectivity index (χ1n) is 5.29. The van der Waals surface area contributed by atoms with Gasteiger partial charge in [-0.15, -0.1) is 0 Å². The predicted octanol–water partition coefficient (Wildman–Crippen LogP) is 1.03. The minimum absolute atomic E-state index is 0.443. The van der Waals surface area contributed by atoms with Gasteiger partial charge in [0.2, 0.25) is 0 Å². The maximum Gasteiger partial charge on any atom is 0.181 e. The first-order valence-corrected chi connectivity index (χ1v) is 5.29. The number of hydrogen-bond acceptors (Lipinski definition) is 5. The molecule has 1 spiro atoms. The van der Waals surface area contributed by atoms with E-state index in [2.05, 4.69) is 11.1 Å². The van der Waals surface area contributed by atoms with Gasteiger partial charge in [-0.05, 0) is 18.9 Å². The highest BCUT2D eigenvalue weighted by Gasteiger charge is 2.55. The number of likely N-dealkylation sites (N-methyl/N-ethyl adjacent to an activating group) is 1. The zero-order valence-corrected chi connectivity index (χ0v) is 9.23. The predicted molar refractivity (Wildman–Crippen MR) is 59.2 cm³/mol. The molecule has 0 aromatic carbocycles. The van der Waals surface area contributed by atoms with Crippen LogP contribution >= 0.6 is 0 Å². The van der Waals surface area contributed by atoms with E-state index in [1.807, 2.05) is 5.94 Å². The average molecular weight is 227 g/mol. The molecule has 0 amide bonds. The number of anilines is 1. The molecule has 1 aromatic heterocycles. The molecule has 1 fully saturated rings. The molecule has 0 saturated heterocycles. The molecule has 5 heteroatoms. The number of ether oxygens (including phenoxy) is 1. The first kappa shape index (κ1) is 9.88. The van der Waals surface area contributed by atoms with Crippen LogP contribution < -0.4 is 9.64 Å². The summed E-state index contributed by atoms with van der Waals surface area (Å²) < 4.78 is 5.80. The Hall–Kier alpha value is -2.31. The largest absolute Gasteiger partial charge is 0.475 e. The molecule has 3 rings (SSSR count). The second kappa shape index (κ2) is 3.09. The Morgan fingerprint density at radius 3 is 2.94 bits per heavy atom. The number of aromatic nitrogens is 1. The fraction of sp³-hybridized carbons (Fsp3) is 0.333. The average Bonchev–Trinajstić information content (AvgIpc) is 3.09. The molecular weight excluding hydrogens is 218 g/mol. The van der Waals surface area contributed by atoms with Crippen molar-refractivity contribution in [3.8, 4) is 11.8 Å². The standard InChI is InChI=1S/C12H9N3O2/c1-15-9(7-16)12(3-4-12)17-10-8(6-13)2-5-14-11(10)15/h2,5H,3-4H2,1H3. The van der Waals surface area contributed by atoms with Crippen LogP contribution in [0.4, 0.5) is 5.82 Å². The molecule has 0 atom stereocenters. The van der Waals surface area contributed by atoms with Crippen LogP contribution in [-0.4, -0.2) is 23.6 Å². The Morgan fingerprint density at radius 1 is 1.59 bits per heavy atom. The molecule has 2 aliphatic rings. The van der Waals surface area contributed by atoms with E-state index in [9.17, 15) is 4.79 Å². The van der Waals surface area contributed by atoms with Gasteiger partial charge >= 0.3 is 0 Å². The van der Waals surface area contributed by atoms with Crippen LogP contribution in [0.25, 0.3) is 0 Å². The molecule has 1 aromatic rings. The van der Waals surface area contributed by atoms with E-state index in [0.29, 0.717) is 22.8 Å². The number of fused-ring (bicyclic) bond motifs is 1. The van der Waals surface area contributed by atoms with E-state index in [1.165, 1.54) is 6.20 Å². The highest BCUT2D eigenvalue weighted by Crippen LogP contribution is 2.52. The fourth-order valence-corrected chi connectivity index (χ4v) is 2.13. The second-order valence-electron chi connectivity index (χ2n) is 4.23. The Labute approximate surface area is 97.9 Å². The van der Waals surface area contributed by atoms with Crippen molar-refractivity contribution in [3.63, 3.8) is 0 Å². The molecule has 1 aliphatic heterocycles. The van der Waals surface area contributed by atoms with Gasteiger partial charge in [0.25, 0.3) is 0 Å². The number of pyridine rings is 1. The van der Waals surface area contributed by atoms with Crippen molar-refractivity contribution in [1.29, 1.82) is 5.26 Å². The van der Waals surface area contributed by atoms with E-state index in [-0.39, 0.29) is 0 Å². The van der Waals surface area contributed by atoms with Gasteiger partial charge in [-0.1, -0.05) is 0 Å². The van der Waals surface area contributed by atoms with Crippen LogP contribution in [0.15, 0.2) is 18.0 Å². The summed E-state index contributed by atoms with van der Waals surface area (Å²) in [5.74, 6) is 2.90. The van der Waals surface area contributed by atoms with Crippen molar-refractivity contribution >= 4 is 11.8 Å². The maximum absolute atomic E-state index is 11.0. The molecule has 17 heavy (non-hydrogen) atoms. The van der Waals surface area contributed by atoms with Crippen LogP contribution in [0.1, 0.15) is 18.4 Å². The SMILES string of the molecule is CN1C(=C=O)C2(CC2)Oc2c(C#N)ccnc21. The third-order valence-corrected chi connectivity index (χ3v) is 3.19. The summed E-state index contributed by atoms with van der Waals surface area (Å²) in [5, 5.41) is 9.03. The molecule has 1 aliphatic carbocycles. The summed E-state index contributed by atoms with van der Waals surface area (Å²) in [6.07, 6.45) is 3.09. The topological polar surface area (TPSA) is 66.2 Å². The Morgan fingerprint density at radius 2 is 2.35 bits per heavy atom. The Kier molecular flexibility index (Phi) is 1.80. The highest BCUT2D eigenvalue weighted by molar-refractivity contribution is 5.74. The molecule has 1 saturated carbocycles. The number of nitriles is 1. The summed E-state index contributed by atoms with van der Waals surface area (Å²) in [5.41, 5.74) is 0.337. The lowest BCUT2D eigenvalue weighted by Gasteiger charge is -2.33. The van der Waals surface area contributed by atoms with Crippen LogP contribution in [0.2, 0.25) is 0 Å². The summed E-state index contributed by atoms with van der Waals surface area (Å²) in [6.45, 7) is 0. The molecular formula is C12H9N3O2. The summed E-state index contributed by atoms with van der Waals surface area (Å²) in [7, 11) is 1.75. The summed E-state index contributed by atoms with van der Waals surface area (Å²) in [4.78, 5) is 16.8. The van der Waals surface area contributed by atoms with Gasteiger partial charge in [0.15, 0.2) is 23.1 Å². The van der Waals surface area contributed by atoms with Crippen molar-refractivity contribution in [2.75, 3.05) is 11.9 Å². The molecule has 0 N–H and O–H groups in total. The van der Waals surface area contributed by atoms with Crippen molar-refractivity contribution in [2.24, 2.45) is 0 Å². The lowest BCUT2D eigenvalue weighted by atomic mass is 10.1. The van der Waals surface area contributed by atoms with Crippen molar-refractivity contribution in [1.82, 2.24) is 4.98 Å². The molecule has 84 valence electrons. The summed E-state index contributed by atoms with van der Waals surface area (Å²) in [6, 6.07) is 3.68. The van der Waals surface area contributed by atoms with Crippen LogP contribution in [-0.2, 0) is 4.79 Å². The Balaban J connectivity index is 2.23. The van der Waals surface area contributed by atoms with E-state index < -0.39 is 5.60 Å². The quantitative estimate of drug-likeness (QED) is 0.619. The highest BCUT2D eigenvalue weighted by atomic mass is 16.5. The monoisotopic (exact) mass is 227 g/mol. The fourth-order valence-electron chi connectivity index (χ4n) is 2.13. The lowest BCUT2D eigenvalue weighted by Crippen LogP contribution is -2.38. The molecule has 0 radical (unpaired) electrons. The third kappa shape index (κ3) is 1.19. The van der Waals surface area contributed by atoms with Gasteiger partial charge in [-0.2, -0.15) is 5.26 Å². The minimum atomic E-state index is -0.571. The number of nitrogens with zero attached hydrogens (tertiary/aromatic N) is 3. The minimum Gasteiger partial charge on any atom is -0.475 e. The van der Waals surface area contributed by atoms with Gasteiger partial charge in [-0.3, -0.25) is 0 Å². The smallest absolute Gasteiger partial charge is 0.181 e. The second-order valence-corrected chi connectivity index (χ2v) is 4.23. The van der Waals surface area contributed by atoms with Gasteiger partial charge in [0, 0.05) is 13.2 Å². The third-order valence-electron chi connectivity index (χ3n) is 3.19. The van der Waals surface area contributed by atoms with Gasteiger partial charge in [0.05, 0.1) is 5.56 Å². The van der Waals surface area contributed by atoms with E-state index in [0.717, 1.165) is 12.8 Å². The van der Waals surface area contributed by atoms with E-state index >= 15 is 0 Å². The van der Waals surface area contributed by atoms with E-state index in [4.69, 9.17) is 10.00 Å². The zero-order chi connectivity index (χ0) is 12.0. The normalized spacial score (nSPS) is 19.1. The molecule has 2 heterocycles. The molecule has 0 unspecified atom stereocenters. The van der Waals surface area contributed by atoms with Gasteiger partial charge < -0.3 is 9.64 Å². The first-order chi connectivity index (χ1) is 8.22. The van der Waals surface area contributed by atoms with Crippen LogP contribution in [0.3, 0.4) is 0 Å². The summed E-state index contributed by atoms with van der Waals surface area (Å²) >= 11 is 0. The number of carbonyl (C=O) groups excluding carboxylic acids is 1. The van der Waals surface area contributed by atoms with Crippen molar-refractivity contribution < 1.29 is 9.53 Å². The Bertz CT molecular complexity index is 592. The van der Waals surface area contributed by atoms with Crippen molar-refractivity contribution in [3.05, 3.63) is 23.5 Å². The van der Waals surface area contributed by atoms with Crippen LogP contribution in [0, 0.1) is 11.3 Å². The van der Waals surface area contributed by atoms with Crippen molar-refractivity contribution in [2.45, 2.75) is 18.4 Å². The lowest BCUT2D eigenvalue weighted by molar-refractivity contribution is 0.203. The molecule has 0 bridgehead atoms. The van der Waals surface area contributed by atoms with Gasteiger partial charge in [-0.25, -0.2) is 9.78 Å². The van der Waals surface area contributed by atoms with Crippen LogP contribution in [0.5, 0.6) is 5.75 Å².